The van der Waals surface area contributed by atoms with Crippen LogP contribution < -0.4 is 0 Å². The smallest absolute Gasteiger partial charge is 0.196 e. The molecular weight excluding hydrogens is 378 g/mol. The standard InChI is InChI=1S/C16H14BrN3S2/c17-15-11-3-1-2-4-13(11)22-14(15)9-20-6-5-12-10(8-20)7-18-16(21)19-12/h1-4,7H,5-6,8-9H2,(H,18,19,21). The maximum Gasteiger partial charge on any atom is 0.196 e. The summed E-state index contributed by atoms with van der Waals surface area (Å²) >= 11 is 10.7. The van der Waals surface area contributed by atoms with Gasteiger partial charge >= 0.3 is 0 Å². The fourth-order valence-corrected chi connectivity index (χ4v) is 5.07. The molecule has 4 rings (SSSR count). The van der Waals surface area contributed by atoms with E-state index in [1.165, 1.54) is 30.7 Å². The molecule has 0 atom stereocenters. The Hall–Kier alpha value is -1.08. The molecule has 0 spiro atoms. The van der Waals surface area contributed by atoms with Crippen LogP contribution in [-0.4, -0.2) is 21.4 Å². The first-order chi connectivity index (χ1) is 10.7. The summed E-state index contributed by atoms with van der Waals surface area (Å²) in [4.78, 5) is 11.3. The van der Waals surface area contributed by atoms with E-state index in [0.717, 1.165) is 26.1 Å². The summed E-state index contributed by atoms with van der Waals surface area (Å²) in [5.41, 5.74) is 2.50. The zero-order valence-corrected chi connectivity index (χ0v) is 15.0. The van der Waals surface area contributed by atoms with E-state index < -0.39 is 0 Å². The monoisotopic (exact) mass is 391 g/mol. The van der Waals surface area contributed by atoms with Crippen LogP contribution in [0.1, 0.15) is 16.1 Å². The van der Waals surface area contributed by atoms with Gasteiger partial charge in [0.1, 0.15) is 0 Å². The van der Waals surface area contributed by atoms with Crippen molar-refractivity contribution in [3.8, 4) is 0 Å². The highest BCUT2D eigenvalue weighted by molar-refractivity contribution is 9.10. The Kier molecular flexibility index (Phi) is 3.86. The van der Waals surface area contributed by atoms with Gasteiger partial charge in [-0.15, -0.1) is 11.3 Å². The third-order valence-electron chi connectivity index (χ3n) is 4.02. The molecule has 0 aliphatic carbocycles. The third-order valence-corrected chi connectivity index (χ3v) is 6.56. The van der Waals surface area contributed by atoms with E-state index in [0.29, 0.717) is 4.77 Å². The molecule has 0 saturated carbocycles. The quantitative estimate of drug-likeness (QED) is 0.643. The Balaban J connectivity index is 1.60. The van der Waals surface area contributed by atoms with Crippen molar-refractivity contribution in [2.75, 3.05) is 6.54 Å². The van der Waals surface area contributed by atoms with Gasteiger partial charge in [-0.1, -0.05) is 18.2 Å². The molecule has 0 saturated heterocycles. The lowest BCUT2D eigenvalue weighted by Crippen LogP contribution is -2.30. The Bertz CT molecular complexity index is 900. The van der Waals surface area contributed by atoms with E-state index in [-0.39, 0.29) is 0 Å². The average molecular weight is 392 g/mol. The van der Waals surface area contributed by atoms with Gasteiger partial charge in [0.05, 0.1) is 0 Å². The molecule has 0 amide bonds. The Morgan fingerprint density at radius 1 is 1.36 bits per heavy atom. The molecular formula is C16H14BrN3S2. The van der Waals surface area contributed by atoms with Gasteiger partial charge in [-0.25, -0.2) is 4.98 Å². The topological polar surface area (TPSA) is 31.9 Å². The molecule has 112 valence electrons. The van der Waals surface area contributed by atoms with Gasteiger partial charge < -0.3 is 4.98 Å². The molecule has 3 heterocycles. The number of fused-ring (bicyclic) bond motifs is 2. The summed E-state index contributed by atoms with van der Waals surface area (Å²) in [5.74, 6) is 0. The molecule has 0 fully saturated rings. The summed E-state index contributed by atoms with van der Waals surface area (Å²) in [6, 6.07) is 8.55. The average Bonchev–Trinajstić information content (AvgIpc) is 2.84. The molecule has 0 unspecified atom stereocenters. The summed E-state index contributed by atoms with van der Waals surface area (Å²) in [7, 11) is 0. The molecule has 1 aromatic carbocycles. The molecule has 1 aliphatic rings. The Morgan fingerprint density at radius 3 is 3.09 bits per heavy atom. The first-order valence-corrected chi connectivity index (χ1v) is 9.18. The molecule has 2 aromatic heterocycles. The van der Waals surface area contributed by atoms with Crippen LogP contribution in [0.25, 0.3) is 10.1 Å². The maximum absolute atomic E-state index is 5.10. The number of rotatable bonds is 2. The van der Waals surface area contributed by atoms with E-state index in [4.69, 9.17) is 12.2 Å². The van der Waals surface area contributed by atoms with Crippen LogP contribution in [0.5, 0.6) is 0 Å². The van der Waals surface area contributed by atoms with Gasteiger partial charge in [0, 0.05) is 62.9 Å². The molecule has 1 N–H and O–H groups in total. The van der Waals surface area contributed by atoms with Crippen molar-refractivity contribution in [1.29, 1.82) is 0 Å². The van der Waals surface area contributed by atoms with Gasteiger partial charge in [0.2, 0.25) is 0 Å². The van der Waals surface area contributed by atoms with Crippen molar-refractivity contribution in [1.82, 2.24) is 14.9 Å². The number of nitrogens with zero attached hydrogens (tertiary/aromatic N) is 2. The lowest BCUT2D eigenvalue weighted by atomic mass is 10.1. The van der Waals surface area contributed by atoms with Crippen molar-refractivity contribution in [2.24, 2.45) is 0 Å². The van der Waals surface area contributed by atoms with Gasteiger partial charge in [-0.2, -0.15) is 0 Å². The SMILES string of the molecule is S=c1ncc2c([nH]1)CCN(Cc1sc3ccccc3c1Br)C2. The lowest BCUT2D eigenvalue weighted by Gasteiger charge is -2.27. The minimum Gasteiger partial charge on any atom is -0.334 e. The molecule has 22 heavy (non-hydrogen) atoms. The van der Waals surface area contributed by atoms with E-state index >= 15 is 0 Å². The maximum atomic E-state index is 5.10. The lowest BCUT2D eigenvalue weighted by molar-refractivity contribution is 0.244. The number of thiophene rings is 1. The van der Waals surface area contributed by atoms with Crippen molar-refractivity contribution in [3.63, 3.8) is 0 Å². The number of halogens is 1. The van der Waals surface area contributed by atoms with Crippen LogP contribution in [0.2, 0.25) is 0 Å². The predicted molar refractivity (Wildman–Crippen MR) is 96.8 cm³/mol. The molecule has 0 bridgehead atoms. The number of aromatic nitrogens is 2. The van der Waals surface area contributed by atoms with E-state index in [1.807, 2.05) is 17.5 Å². The van der Waals surface area contributed by atoms with Crippen molar-refractivity contribution in [2.45, 2.75) is 19.5 Å². The van der Waals surface area contributed by atoms with Crippen molar-refractivity contribution < 1.29 is 0 Å². The summed E-state index contributed by atoms with van der Waals surface area (Å²) < 4.78 is 3.16. The highest BCUT2D eigenvalue weighted by Crippen LogP contribution is 2.36. The van der Waals surface area contributed by atoms with Crippen LogP contribution in [0, 0.1) is 4.77 Å². The number of H-pyrrole nitrogens is 1. The van der Waals surface area contributed by atoms with Crippen LogP contribution in [0.15, 0.2) is 34.9 Å². The second-order valence-electron chi connectivity index (χ2n) is 5.49. The second kappa shape index (κ2) is 5.85. The minimum atomic E-state index is 0.583. The van der Waals surface area contributed by atoms with Gasteiger partial charge in [-0.05, 0) is 34.2 Å². The van der Waals surface area contributed by atoms with Gasteiger partial charge in [0.15, 0.2) is 4.77 Å². The van der Waals surface area contributed by atoms with Crippen LogP contribution in [0.4, 0.5) is 0 Å². The Morgan fingerprint density at radius 2 is 2.23 bits per heavy atom. The highest BCUT2D eigenvalue weighted by Gasteiger charge is 2.19. The molecule has 3 nitrogen and oxygen atoms in total. The first-order valence-electron chi connectivity index (χ1n) is 7.16. The molecule has 0 radical (unpaired) electrons. The molecule has 6 heteroatoms. The first kappa shape index (κ1) is 14.5. The van der Waals surface area contributed by atoms with Crippen LogP contribution in [-0.2, 0) is 19.5 Å². The van der Waals surface area contributed by atoms with Crippen LogP contribution >= 0.6 is 39.5 Å². The van der Waals surface area contributed by atoms with Crippen molar-refractivity contribution in [3.05, 3.63) is 55.8 Å². The Labute approximate surface area is 146 Å². The number of hydrogen-bond acceptors (Lipinski definition) is 4. The highest BCUT2D eigenvalue weighted by atomic mass is 79.9. The number of hydrogen-bond donors (Lipinski definition) is 1. The minimum absolute atomic E-state index is 0.583. The zero-order valence-electron chi connectivity index (χ0n) is 11.8. The van der Waals surface area contributed by atoms with E-state index in [1.54, 1.807) is 0 Å². The number of benzene rings is 1. The van der Waals surface area contributed by atoms with Gasteiger partial charge in [-0.3, -0.25) is 4.90 Å². The fourth-order valence-electron chi connectivity index (χ4n) is 2.91. The third kappa shape index (κ3) is 2.65. The summed E-state index contributed by atoms with van der Waals surface area (Å²) in [5, 5.41) is 1.31. The van der Waals surface area contributed by atoms with Crippen LogP contribution in [0.3, 0.4) is 0 Å². The van der Waals surface area contributed by atoms with Crippen molar-refractivity contribution >= 4 is 49.6 Å². The number of nitrogens with one attached hydrogen (secondary N) is 1. The second-order valence-corrected chi connectivity index (χ2v) is 7.80. The molecule has 1 aliphatic heterocycles. The number of aromatic amines is 1. The fraction of sp³-hybridized carbons (Fsp3) is 0.250. The normalized spacial score (nSPS) is 15.1. The molecule has 3 aromatic rings. The zero-order chi connectivity index (χ0) is 15.1. The van der Waals surface area contributed by atoms with E-state index in [2.05, 4.69) is 55.1 Å². The summed E-state index contributed by atoms with van der Waals surface area (Å²) in [6.07, 6.45) is 2.92. The summed E-state index contributed by atoms with van der Waals surface area (Å²) in [6.45, 7) is 2.94. The van der Waals surface area contributed by atoms with E-state index in [9.17, 15) is 0 Å². The predicted octanol–water partition coefficient (Wildman–Crippen LogP) is 4.67. The van der Waals surface area contributed by atoms with Gasteiger partial charge in [0.25, 0.3) is 0 Å². The largest absolute Gasteiger partial charge is 0.334 e.